The van der Waals surface area contributed by atoms with E-state index in [-0.39, 0.29) is 0 Å². The fourth-order valence-corrected chi connectivity index (χ4v) is 3.35. The maximum atomic E-state index is 4.80. The second-order valence-corrected chi connectivity index (χ2v) is 6.95. The normalized spacial score (nSPS) is 22.2. The van der Waals surface area contributed by atoms with Gasteiger partial charge in [-0.05, 0) is 39.3 Å². The second kappa shape index (κ2) is 8.05. The number of amidine groups is 1. The summed E-state index contributed by atoms with van der Waals surface area (Å²) in [6, 6.07) is 1.05. The Morgan fingerprint density at radius 1 is 1.44 bits per heavy atom. The van der Waals surface area contributed by atoms with Gasteiger partial charge in [-0.3, -0.25) is 4.99 Å². The number of rotatable bonds is 6. The molecule has 0 aromatic heterocycles. The number of nitrogens with one attached hydrogen (secondary N) is 1. The Labute approximate surface area is 117 Å². The van der Waals surface area contributed by atoms with Crippen LogP contribution in [-0.4, -0.2) is 48.5 Å². The summed E-state index contributed by atoms with van der Waals surface area (Å²) in [5.74, 6) is 1.93. The summed E-state index contributed by atoms with van der Waals surface area (Å²) in [5, 5.41) is 4.82. The fraction of sp³-hybridized carbons (Fsp3) is 0.929. The van der Waals surface area contributed by atoms with Crippen molar-refractivity contribution in [2.45, 2.75) is 52.1 Å². The van der Waals surface area contributed by atoms with Gasteiger partial charge in [0.1, 0.15) is 0 Å². The molecule has 0 amide bonds. The molecule has 2 atom stereocenters. The lowest BCUT2D eigenvalue weighted by atomic mass is 10.0. The van der Waals surface area contributed by atoms with Crippen molar-refractivity contribution >= 4 is 16.9 Å². The van der Waals surface area contributed by atoms with E-state index in [4.69, 9.17) is 4.99 Å². The van der Waals surface area contributed by atoms with E-state index in [2.05, 4.69) is 45.1 Å². The van der Waals surface area contributed by atoms with E-state index in [1.807, 2.05) is 11.8 Å². The first-order valence-electron chi connectivity index (χ1n) is 7.13. The predicted octanol–water partition coefficient (Wildman–Crippen LogP) is 2.82. The first-order chi connectivity index (χ1) is 8.51. The van der Waals surface area contributed by atoms with Crippen LogP contribution in [0.2, 0.25) is 0 Å². The minimum absolute atomic E-state index is 0.516. The van der Waals surface area contributed by atoms with Gasteiger partial charge in [-0.1, -0.05) is 32.5 Å². The number of hydrogen-bond acceptors (Lipinski definition) is 4. The molecule has 0 aromatic carbocycles. The van der Waals surface area contributed by atoms with Gasteiger partial charge >= 0.3 is 0 Å². The molecule has 0 radical (unpaired) electrons. The molecule has 0 bridgehead atoms. The summed E-state index contributed by atoms with van der Waals surface area (Å²) in [6.07, 6.45) is 3.59. The van der Waals surface area contributed by atoms with Gasteiger partial charge in [0.05, 0.1) is 6.04 Å². The molecule has 2 unspecified atom stereocenters. The average molecular weight is 271 g/mol. The Kier molecular flexibility index (Phi) is 7.08. The lowest BCUT2D eigenvalue weighted by molar-refractivity contribution is 0.328. The van der Waals surface area contributed by atoms with E-state index in [1.165, 1.54) is 23.8 Å². The summed E-state index contributed by atoms with van der Waals surface area (Å²) in [6.45, 7) is 7.88. The molecule has 1 aliphatic heterocycles. The molecular formula is C14H29N3S. The van der Waals surface area contributed by atoms with Crippen LogP contribution in [0.4, 0.5) is 0 Å². The smallest absolute Gasteiger partial charge is 0.157 e. The number of hydrogen-bond donors (Lipinski definition) is 1. The Morgan fingerprint density at radius 3 is 2.72 bits per heavy atom. The van der Waals surface area contributed by atoms with Gasteiger partial charge in [0.25, 0.3) is 0 Å². The van der Waals surface area contributed by atoms with Crippen molar-refractivity contribution in [2.75, 3.05) is 26.4 Å². The Morgan fingerprint density at radius 2 is 2.17 bits per heavy atom. The van der Waals surface area contributed by atoms with Gasteiger partial charge in [0.2, 0.25) is 0 Å². The molecule has 1 N–H and O–H groups in total. The third-order valence-electron chi connectivity index (χ3n) is 3.13. The van der Waals surface area contributed by atoms with Crippen LogP contribution in [0.5, 0.6) is 0 Å². The molecule has 1 rings (SSSR count). The van der Waals surface area contributed by atoms with Gasteiger partial charge in [-0.2, -0.15) is 0 Å². The van der Waals surface area contributed by atoms with Crippen LogP contribution in [0, 0.1) is 5.92 Å². The Balaban J connectivity index is 2.55. The van der Waals surface area contributed by atoms with Crippen molar-refractivity contribution in [3.8, 4) is 0 Å². The van der Waals surface area contributed by atoms with Gasteiger partial charge in [0, 0.05) is 18.3 Å². The molecule has 0 saturated carbocycles. The number of aliphatic imine (C=N–C) groups is 1. The van der Waals surface area contributed by atoms with Gasteiger partial charge < -0.3 is 10.2 Å². The fourth-order valence-electron chi connectivity index (χ4n) is 2.30. The summed E-state index contributed by atoms with van der Waals surface area (Å²) in [4.78, 5) is 7.06. The van der Waals surface area contributed by atoms with Crippen molar-refractivity contribution in [2.24, 2.45) is 10.9 Å². The van der Waals surface area contributed by atoms with Crippen LogP contribution in [0.1, 0.15) is 40.0 Å². The molecule has 0 aliphatic carbocycles. The van der Waals surface area contributed by atoms with Gasteiger partial charge in [-0.15, -0.1) is 0 Å². The van der Waals surface area contributed by atoms with Gasteiger partial charge in [-0.25, -0.2) is 0 Å². The lowest BCUT2D eigenvalue weighted by Gasteiger charge is -2.27. The first-order valence-corrected chi connectivity index (χ1v) is 8.11. The van der Waals surface area contributed by atoms with Crippen LogP contribution >= 0.6 is 11.8 Å². The summed E-state index contributed by atoms with van der Waals surface area (Å²) >= 11 is 1.89. The third-order valence-corrected chi connectivity index (χ3v) is 4.07. The zero-order chi connectivity index (χ0) is 13.5. The van der Waals surface area contributed by atoms with Crippen LogP contribution < -0.4 is 5.32 Å². The van der Waals surface area contributed by atoms with E-state index in [9.17, 15) is 0 Å². The topological polar surface area (TPSA) is 27.6 Å². The summed E-state index contributed by atoms with van der Waals surface area (Å²) in [7, 11) is 4.28. The third kappa shape index (κ3) is 6.10. The predicted molar refractivity (Wildman–Crippen MR) is 83.5 cm³/mol. The van der Waals surface area contributed by atoms with Crippen LogP contribution in [0.15, 0.2) is 4.99 Å². The minimum atomic E-state index is 0.516. The molecule has 0 aromatic rings. The van der Waals surface area contributed by atoms with E-state index in [0.717, 1.165) is 18.9 Å². The second-order valence-electron chi connectivity index (χ2n) is 5.87. The highest BCUT2D eigenvalue weighted by molar-refractivity contribution is 8.13. The number of thioether (sulfide) groups is 1. The quantitative estimate of drug-likeness (QED) is 0.805. The van der Waals surface area contributed by atoms with Crippen LogP contribution in [0.25, 0.3) is 0 Å². The molecule has 0 fully saturated rings. The number of likely N-dealkylation sites (N-methyl/N-ethyl adjacent to an activating group) is 1. The molecule has 106 valence electrons. The van der Waals surface area contributed by atoms with Crippen molar-refractivity contribution in [1.82, 2.24) is 10.2 Å². The lowest BCUT2D eigenvalue weighted by Crippen LogP contribution is -2.42. The minimum Gasteiger partial charge on any atom is -0.361 e. The number of nitrogens with zero attached hydrogens (tertiary/aromatic N) is 2. The van der Waals surface area contributed by atoms with E-state index < -0.39 is 0 Å². The largest absolute Gasteiger partial charge is 0.361 e. The molecule has 0 spiro atoms. The molecule has 0 saturated heterocycles. The van der Waals surface area contributed by atoms with Crippen molar-refractivity contribution in [3.05, 3.63) is 0 Å². The van der Waals surface area contributed by atoms with E-state index >= 15 is 0 Å². The first kappa shape index (κ1) is 15.8. The zero-order valence-electron chi connectivity index (χ0n) is 12.6. The van der Waals surface area contributed by atoms with Crippen LogP contribution in [-0.2, 0) is 0 Å². The average Bonchev–Trinajstić information content (AvgIpc) is 2.27. The molecule has 1 aliphatic rings. The molecule has 4 heteroatoms. The molecular weight excluding hydrogens is 242 g/mol. The maximum Gasteiger partial charge on any atom is 0.157 e. The SMILES string of the molecule is CCC1CCSC(NC(CC(C)C)CN(C)C)=N1. The summed E-state index contributed by atoms with van der Waals surface area (Å²) < 4.78 is 0. The monoisotopic (exact) mass is 271 g/mol. The standard InChI is InChI=1S/C14H29N3S/c1-6-12-7-8-18-14(15-12)16-13(9-11(2)3)10-17(4)5/h11-13H,6-10H2,1-5H3,(H,15,16). The zero-order valence-corrected chi connectivity index (χ0v) is 13.4. The molecule has 1 heterocycles. The van der Waals surface area contributed by atoms with Crippen molar-refractivity contribution < 1.29 is 0 Å². The van der Waals surface area contributed by atoms with E-state index in [1.54, 1.807) is 0 Å². The van der Waals surface area contributed by atoms with Gasteiger partial charge in [0.15, 0.2) is 5.17 Å². The molecule has 18 heavy (non-hydrogen) atoms. The van der Waals surface area contributed by atoms with Crippen molar-refractivity contribution in [3.63, 3.8) is 0 Å². The Hall–Kier alpha value is -0.220. The van der Waals surface area contributed by atoms with Crippen molar-refractivity contribution in [1.29, 1.82) is 0 Å². The highest BCUT2D eigenvalue weighted by Crippen LogP contribution is 2.19. The Bertz CT molecular complexity index is 254. The van der Waals surface area contributed by atoms with E-state index in [0.29, 0.717) is 12.1 Å². The highest BCUT2D eigenvalue weighted by Gasteiger charge is 2.18. The van der Waals surface area contributed by atoms with Crippen LogP contribution in [0.3, 0.4) is 0 Å². The highest BCUT2D eigenvalue weighted by atomic mass is 32.2. The molecule has 3 nitrogen and oxygen atoms in total. The summed E-state index contributed by atoms with van der Waals surface area (Å²) in [5.41, 5.74) is 0. The maximum absolute atomic E-state index is 4.80.